The molecule has 1 aromatic carbocycles. The summed E-state index contributed by atoms with van der Waals surface area (Å²) in [6.07, 6.45) is 0. The summed E-state index contributed by atoms with van der Waals surface area (Å²) in [5.41, 5.74) is 2.18. The maximum absolute atomic E-state index is 11.5. The minimum absolute atomic E-state index is 0.00110. The first-order chi connectivity index (χ1) is 10.0. The van der Waals surface area contributed by atoms with E-state index in [1.165, 1.54) is 0 Å². The first kappa shape index (κ1) is 17.0. The number of rotatable bonds is 8. The SMILES string of the molecule is Cc1ccc(OCC(=O)NCC#N)c(CNCC(C)C)c1. The molecule has 2 N–H and O–H groups in total. The molecule has 0 unspecified atom stereocenters. The van der Waals surface area contributed by atoms with Gasteiger partial charge in [-0.25, -0.2) is 0 Å². The van der Waals surface area contributed by atoms with Gasteiger partial charge in [0.1, 0.15) is 12.3 Å². The molecule has 0 heterocycles. The second kappa shape index (κ2) is 8.98. The minimum atomic E-state index is -0.293. The molecule has 0 aromatic heterocycles. The second-order valence-corrected chi connectivity index (χ2v) is 5.36. The number of nitrogens with one attached hydrogen (secondary N) is 2. The fourth-order valence-corrected chi connectivity index (χ4v) is 1.82. The number of benzene rings is 1. The van der Waals surface area contributed by atoms with Crippen molar-refractivity contribution in [1.82, 2.24) is 10.6 Å². The molecular formula is C16H23N3O2. The molecule has 0 saturated carbocycles. The fraction of sp³-hybridized carbons (Fsp3) is 0.500. The molecule has 0 fully saturated rings. The third-order valence-corrected chi connectivity index (χ3v) is 2.81. The van der Waals surface area contributed by atoms with Crippen molar-refractivity contribution in [2.45, 2.75) is 27.3 Å². The molecule has 0 spiro atoms. The summed E-state index contributed by atoms with van der Waals surface area (Å²) < 4.78 is 5.55. The Kier molecular flexibility index (Phi) is 7.27. The summed E-state index contributed by atoms with van der Waals surface area (Å²) in [4.78, 5) is 11.5. The van der Waals surface area contributed by atoms with Crippen molar-refractivity contribution in [3.63, 3.8) is 0 Å². The zero-order chi connectivity index (χ0) is 15.7. The Bertz CT molecular complexity index is 507. The van der Waals surface area contributed by atoms with Crippen LogP contribution in [0.2, 0.25) is 0 Å². The zero-order valence-corrected chi connectivity index (χ0v) is 12.9. The predicted octanol–water partition coefficient (Wildman–Crippen LogP) is 1.76. The number of amides is 1. The van der Waals surface area contributed by atoms with E-state index in [9.17, 15) is 4.79 Å². The lowest BCUT2D eigenvalue weighted by molar-refractivity contribution is -0.122. The van der Waals surface area contributed by atoms with Crippen LogP contribution in [0.1, 0.15) is 25.0 Å². The van der Waals surface area contributed by atoms with Crippen LogP contribution in [-0.2, 0) is 11.3 Å². The number of aryl methyl sites for hydroxylation is 1. The van der Waals surface area contributed by atoms with E-state index in [1.54, 1.807) is 0 Å². The van der Waals surface area contributed by atoms with E-state index in [0.717, 1.165) is 17.7 Å². The second-order valence-electron chi connectivity index (χ2n) is 5.36. The van der Waals surface area contributed by atoms with Crippen molar-refractivity contribution in [3.05, 3.63) is 29.3 Å². The molecule has 0 aliphatic carbocycles. The summed E-state index contributed by atoms with van der Waals surface area (Å²) >= 11 is 0. The van der Waals surface area contributed by atoms with Gasteiger partial charge in [-0.2, -0.15) is 5.26 Å². The molecule has 5 heteroatoms. The molecule has 0 aliphatic rings. The van der Waals surface area contributed by atoms with Crippen LogP contribution in [0.5, 0.6) is 5.75 Å². The Morgan fingerprint density at radius 2 is 2.19 bits per heavy atom. The molecule has 5 nitrogen and oxygen atoms in total. The van der Waals surface area contributed by atoms with Crippen molar-refractivity contribution in [2.75, 3.05) is 19.7 Å². The van der Waals surface area contributed by atoms with E-state index in [0.29, 0.717) is 18.2 Å². The number of hydrogen-bond donors (Lipinski definition) is 2. The topological polar surface area (TPSA) is 74.1 Å². The lowest BCUT2D eigenvalue weighted by atomic mass is 10.1. The van der Waals surface area contributed by atoms with Crippen LogP contribution >= 0.6 is 0 Å². The van der Waals surface area contributed by atoms with E-state index < -0.39 is 0 Å². The van der Waals surface area contributed by atoms with Crippen LogP contribution in [-0.4, -0.2) is 25.6 Å². The summed E-state index contributed by atoms with van der Waals surface area (Å²) in [7, 11) is 0. The Morgan fingerprint density at radius 3 is 2.86 bits per heavy atom. The van der Waals surface area contributed by atoms with E-state index in [-0.39, 0.29) is 19.1 Å². The average Bonchev–Trinajstić information content (AvgIpc) is 2.43. The molecule has 0 saturated heterocycles. The highest BCUT2D eigenvalue weighted by molar-refractivity contribution is 5.77. The molecule has 1 rings (SSSR count). The van der Waals surface area contributed by atoms with E-state index >= 15 is 0 Å². The Labute approximate surface area is 126 Å². The highest BCUT2D eigenvalue weighted by Crippen LogP contribution is 2.20. The molecular weight excluding hydrogens is 266 g/mol. The van der Waals surface area contributed by atoms with Gasteiger partial charge in [0.25, 0.3) is 5.91 Å². The Hall–Kier alpha value is -2.06. The Balaban J connectivity index is 2.60. The van der Waals surface area contributed by atoms with Crippen LogP contribution in [0.3, 0.4) is 0 Å². The molecule has 1 aromatic rings. The largest absolute Gasteiger partial charge is 0.483 e. The molecule has 114 valence electrons. The maximum atomic E-state index is 11.5. The van der Waals surface area contributed by atoms with Gasteiger partial charge in [0.15, 0.2) is 6.61 Å². The predicted molar refractivity (Wildman–Crippen MR) is 81.8 cm³/mol. The number of nitriles is 1. The van der Waals surface area contributed by atoms with Crippen molar-refractivity contribution in [3.8, 4) is 11.8 Å². The minimum Gasteiger partial charge on any atom is -0.483 e. The number of carbonyl (C=O) groups is 1. The van der Waals surface area contributed by atoms with Crippen LogP contribution in [0.15, 0.2) is 18.2 Å². The van der Waals surface area contributed by atoms with E-state index in [4.69, 9.17) is 10.00 Å². The number of hydrogen-bond acceptors (Lipinski definition) is 4. The fourth-order valence-electron chi connectivity index (χ4n) is 1.82. The highest BCUT2D eigenvalue weighted by Gasteiger charge is 2.07. The monoisotopic (exact) mass is 289 g/mol. The van der Waals surface area contributed by atoms with Gasteiger partial charge >= 0.3 is 0 Å². The normalized spacial score (nSPS) is 10.2. The Morgan fingerprint density at radius 1 is 1.43 bits per heavy atom. The number of carbonyl (C=O) groups excluding carboxylic acids is 1. The highest BCUT2D eigenvalue weighted by atomic mass is 16.5. The molecule has 0 atom stereocenters. The van der Waals surface area contributed by atoms with Gasteiger partial charge in [0.05, 0.1) is 6.07 Å². The average molecular weight is 289 g/mol. The zero-order valence-electron chi connectivity index (χ0n) is 12.9. The molecule has 0 aliphatic heterocycles. The van der Waals surface area contributed by atoms with Crippen molar-refractivity contribution < 1.29 is 9.53 Å². The number of nitrogens with zero attached hydrogens (tertiary/aromatic N) is 1. The molecule has 21 heavy (non-hydrogen) atoms. The summed E-state index contributed by atoms with van der Waals surface area (Å²) in [6, 6.07) is 7.74. The van der Waals surface area contributed by atoms with Crippen molar-refractivity contribution in [2.24, 2.45) is 5.92 Å². The smallest absolute Gasteiger partial charge is 0.258 e. The maximum Gasteiger partial charge on any atom is 0.258 e. The quantitative estimate of drug-likeness (QED) is 0.715. The van der Waals surface area contributed by atoms with Gasteiger partial charge in [-0.05, 0) is 25.5 Å². The first-order valence-corrected chi connectivity index (χ1v) is 7.09. The van der Waals surface area contributed by atoms with Crippen LogP contribution < -0.4 is 15.4 Å². The van der Waals surface area contributed by atoms with E-state index in [2.05, 4.69) is 30.5 Å². The van der Waals surface area contributed by atoms with Gasteiger partial charge in [0.2, 0.25) is 0 Å². The van der Waals surface area contributed by atoms with Crippen molar-refractivity contribution in [1.29, 1.82) is 5.26 Å². The van der Waals surface area contributed by atoms with Gasteiger partial charge in [-0.1, -0.05) is 31.5 Å². The summed E-state index contributed by atoms with van der Waals surface area (Å²) in [6.45, 7) is 7.88. The molecule has 0 radical (unpaired) electrons. The van der Waals surface area contributed by atoms with Gasteiger partial charge < -0.3 is 15.4 Å². The van der Waals surface area contributed by atoms with Crippen LogP contribution in [0, 0.1) is 24.2 Å². The van der Waals surface area contributed by atoms with E-state index in [1.807, 2.05) is 25.1 Å². The standard InChI is InChI=1S/C16H23N3O2/c1-12(2)9-18-10-14-8-13(3)4-5-15(14)21-11-16(20)19-7-6-17/h4-5,8,12,18H,7,9-11H2,1-3H3,(H,19,20). The van der Waals surface area contributed by atoms with Crippen LogP contribution in [0.4, 0.5) is 0 Å². The van der Waals surface area contributed by atoms with Gasteiger partial charge in [-0.15, -0.1) is 0 Å². The third kappa shape index (κ3) is 6.77. The summed E-state index contributed by atoms with van der Waals surface area (Å²) in [5.74, 6) is 0.984. The van der Waals surface area contributed by atoms with Gasteiger partial charge in [0, 0.05) is 12.1 Å². The lowest BCUT2D eigenvalue weighted by Crippen LogP contribution is -2.29. The van der Waals surface area contributed by atoms with Gasteiger partial charge in [-0.3, -0.25) is 4.79 Å². The summed E-state index contributed by atoms with van der Waals surface area (Å²) in [5, 5.41) is 14.2. The third-order valence-electron chi connectivity index (χ3n) is 2.81. The molecule has 0 bridgehead atoms. The van der Waals surface area contributed by atoms with Crippen molar-refractivity contribution >= 4 is 5.91 Å². The van der Waals surface area contributed by atoms with Crippen LogP contribution in [0.25, 0.3) is 0 Å². The number of ether oxygens (including phenoxy) is 1. The first-order valence-electron chi connectivity index (χ1n) is 7.09. The lowest BCUT2D eigenvalue weighted by Gasteiger charge is -2.13. The molecule has 1 amide bonds.